The number of benzene rings is 1. The highest BCUT2D eigenvalue weighted by Crippen LogP contribution is 2.31. The van der Waals surface area contributed by atoms with Crippen LogP contribution in [-0.2, 0) is 0 Å². The largest absolute Gasteiger partial charge is 0.397 e. The van der Waals surface area contributed by atoms with Crippen LogP contribution in [-0.4, -0.2) is 20.1 Å². The maximum absolute atomic E-state index is 5.94. The first-order valence-corrected chi connectivity index (χ1v) is 5.93. The van der Waals surface area contributed by atoms with Crippen LogP contribution in [0.25, 0.3) is 23.1 Å². The molecule has 0 aliphatic heterocycles. The Morgan fingerprint density at radius 1 is 1.33 bits per heavy atom. The van der Waals surface area contributed by atoms with Gasteiger partial charge in [0, 0.05) is 16.9 Å². The molecule has 3 rings (SSSR count). The summed E-state index contributed by atoms with van der Waals surface area (Å²) in [6, 6.07) is 5.52. The Balaban J connectivity index is 2.06. The lowest BCUT2D eigenvalue weighted by Gasteiger charge is -2.01. The van der Waals surface area contributed by atoms with Crippen LogP contribution in [0.2, 0.25) is 0 Å². The van der Waals surface area contributed by atoms with E-state index in [1.54, 1.807) is 12.4 Å². The van der Waals surface area contributed by atoms with Crippen LogP contribution in [0.3, 0.4) is 0 Å². The molecule has 18 heavy (non-hydrogen) atoms. The number of nitrogen functional groups attached to an aromatic ring is 1. The number of nitrogens with one attached hydrogen (secondary N) is 1. The van der Waals surface area contributed by atoms with E-state index >= 15 is 0 Å². The molecule has 2 heterocycles. The molecule has 0 atom stereocenters. The summed E-state index contributed by atoms with van der Waals surface area (Å²) in [4.78, 5) is 11.2. The number of imidazole rings is 1. The zero-order valence-electron chi connectivity index (χ0n) is 9.09. The summed E-state index contributed by atoms with van der Waals surface area (Å²) in [6.45, 7) is 0. The normalized spacial score (nSPS) is 10.7. The van der Waals surface area contributed by atoms with Crippen LogP contribution < -0.4 is 5.73 Å². The van der Waals surface area contributed by atoms with Crippen LogP contribution >= 0.6 is 15.9 Å². The number of nitrogens with two attached hydrogens (primary N) is 1. The van der Waals surface area contributed by atoms with Gasteiger partial charge in [0.1, 0.15) is 0 Å². The molecule has 0 amide bonds. The van der Waals surface area contributed by atoms with E-state index in [0.717, 1.165) is 4.47 Å². The molecule has 6 nitrogen and oxygen atoms in total. The lowest BCUT2D eigenvalue weighted by Crippen LogP contribution is -1.91. The molecule has 90 valence electrons. The Bertz CT molecular complexity index is 677. The summed E-state index contributed by atoms with van der Waals surface area (Å²) >= 11 is 3.36. The van der Waals surface area contributed by atoms with E-state index in [-0.39, 0.29) is 0 Å². The molecule has 1 aromatic carbocycles. The molecule has 3 aromatic rings. The monoisotopic (exact) mass is 305 g/mol. The first-order chi connectivity index (χ1) is 8.75. The highest BCUT2D eigenvalue weighted by atomic mass is 79.9. The summed E-state index contributed by atoms with van der Waals surface area (Å²) in [7, 11) is 0. The van der Waals surface area contributed by atoms with Gasteiger partial charge in [0.15, 0.2) is 5.82 Å². The van der Waals surface area contributed by atoms with Crippen molar-refractivity contribution in [2.24, 2.45) is 0 Å². The second-order valence-corrected chi connectivity index (χ2v) is 4.42. The lowest BCUT2D eigenvalue weighted by molar-refractivity contribution is 0.432. The van der Waals surface area contributed by atoms with Crippen LogP contribution in [0.5, 0.6) is 0 Å². The number of anilines is 1. The van der Waals surface area contributed by atoms with Crippen molar-refractivity contribution in [1.82, 2.24) is 20.1 Å². The Hall–Kier alpha value is -2.15. The fraction of sp³-hybridized carbons (Fsp3) is 0. The number of hydrogen-bond donors (Lipinski definition) is 2. The van der Waals surface area contributed by atoms with Gasteiger partial charge < -0.3 is 15.2 Å². The van der Waals surface area contributed by atoms with Crippen LogP contribution in [0, 0.1) is 0 Å². The minimum atomic E-state index is 0.361. The number of aromatic amines is 1. The van der Waals surface area contributed by atoms with Crippen molar-refractivity contribution in [2.75, 3.05) is 5.73 Å². The predicted octanol–water partition coefficient (Wildman–Crippen LogP) is 2.47. The zero-order valence-corrected chi connectivity index (χ0v) is 10.7. The SMILES string of the molecule is Nc1c(Br)cccc1-c1nc(-c2ncc[nH]2)no1. The lowest BCUT2D eigenvalue weighted by atomic mass is 10.2. The molecule has 7 heteroatoms. The molecule has 0 unspecified atom stereocenters. The van der Waals surface area contributed by atoms with Gasteiger partial charge in [-0.25, -0.2) is 4.98 Å². The van der Waals surface area contributed by atoms with E-state index in [2.05, 4.69) is 36.0 Å². The van der Waals surface area contributed by atoms with Crippen molar-refractivity contribution in [1.29, 1.82) is 0 Å². The first kappa shape index (κ1) is 11.0. The van der Waals surface area contributed by atoms with Gasteiger partial charge in [-0.15, -0.1) is 0 Å². The molecule has 2 aromatic heterocycles. The smallest absolute Gasteiger partial charge is 0.260 e. The number of halogens is 1. The van der Waals surface area contributed by atoms with Gasteiger partial charge in [-0.2, -0.15) is 4.98 Å². The third-order valence-corrected chi connectivity index (χ3v) is 3.11. The van der Waals surface area contributed by atoms with Crippen molar-refractivity contribution in [3.63, 3.8) is 0 Å². The van der Waals surface area contributed by atoms with Crippen molar-refractivity contribution in [3.05, 3.63) is 35.1 Å². The van der Waals surface area contributed by atoms with Gasteiger partial charge in [-0.05, 0) is 28.1 Å². The molecule has 0 bridgehead atoms. The van der Waals surface area contributed by atoms with E-state index in [1.165, 1.54) is 0 Å². The molecule has 0 radical (unpaired) electrons. The third kappa shape index (κ3) is 1.78. The molecule has 0 spiro atoms. The Morgan fingerprint density at radius 3 is 3.00 bits per heavy atom. The maximum Gasteiger partial charge on any atom is 0.260 e. The van der Waals surface area contributed by atoms with E-state index in [4.69, 9.17) is 10.3 Å². The van der Waals surface area contributed by atoms with Gasteiger partial charge in [0.2, 0.25) is 5.82 Å². The molecule has 0 saturated heterocycles. The van der Waals surface area contributed by atoms with Crippen LogP contribution in [0.1, 0.15) is 0 Å². The van der Waals surface area contributed by atoms with Crippen molar-refractivity contribution >= 4 is 21.6 Å². The molecule has 0 saturated carbocycles. The molecular weight excluding hydrogens is 298 g/mol. The predicted molar refractivity (Wildman–Crippen MR) is 69.4 cm³/mol. The molecule has 0 aliphatic carbocycles. The average molecular weight is 306 g/mol. The molecule has 0 aliphatic rings. The van der Waals surface area contributed by atoms with Gasteiger partial charge in [-0.3, -0.25) is 0 Å². The van der Waals surface area contributed by atoms with E-state index < -0.39 is 0 Å². The summed E-state index contributed by atoms with van der Waals surface area (Å²) in [5, 5.41) is 3.86. The third-order valence-electron chi connectivity index (χ3n) is 2.42. The van der Waals surface area contributed by atoms with Gasteiger partial charge in [-0.1, -0.05) is 11.2 Å². The van der Waals surface area contributed by atoms with Crippen molar-refractivity contribution < 1.29 is 4.52 Å². The van der Waals surface area contributed by atoms with E-state index in [1.807, 2.05) is 18.2 Å². The molecule has 3 N–H and O–H groups in total. The number of aromatic nitrogens is 4. The standard InChI is InChI=1S/C11H8BrN5O/c12-7-3-1-2-6(8(7)13)11-16-10(17-18-11)9-14-4-5-15-9/h1-5H,13H2,(H,14,15). The number of para-hydroxylation sites is 1. The van der Waals surface area contributed by atoms with Gasteiger partial charge >= 0.3 is 0 Å². The van der Waals surface area contributed by atoms with Crippen molar-refractivity contribution in [2.45, 2.75) is 0 Å². The summed E-state index contributed by atoms with van der Waals surface area (Å²) in [5.41, 5.74) is 7.20. The Kier molecular flexibility index (Phi) is 2.60. The second kappa shape index (κ2) is 4.26. The zero-order chi connectivity index (χ0) is 12.5. The average Bonchev–Trinajstić information content (AvgIpc) is 3.01. The number of nitrogens with zero attached hydrogens (tertiary/aromatic N) is 3. The Labute approximate surface area is 110 Å². The second-order valence-electron chi connectivity index (χ2n) is 3.56. The highest BCUT2D eigenvalue weighted by Gasteiger charge is 2.15. The van der Waals surface area contributed by atoms with Crippen LogP contribution in [0.15, 0.2) is 39.6 Å². The minimum absolute atomic E-state index is 0.361. The molecular formula is C11H8BrN5O. The molecule has 0 fully saturated rings. The van der Waals surface area contributed by atoms with Gasteiger partial charge in [0.25, 0.3) is 5.89 Å². The fourth-order valence-electron chi connectivity index (χ4n) is 1.54. The minimum Gasteiger partial charge on any atom is -0.397 e. The van der Waals surface area contributed by atoms with Crippen molar-refractivity contribution in [3.8, 4) is 23.1 Å². The first-order valence-electron chi connectivity index (χ1n) is 5.13. The Morgan fingerprint density at radius 2 is 2.22 bits per heavy atom. The summed E-state index contributed by atoms with van der Waals surface area (Å²) in [6.07, 6.45) is 3.32. The summed E-state index contributed by atoms with van der Waals surface area (Å²) in [5.74, 6) is 1.31. The van der Waals surface area contributed by atoms with E-state index in [9.17, 15) is 0 Å². The van der Waals surface area contributed by atoms with Gasteiger partial charge in [0.05, 0.1) is 11.3 Å². The fourth-order valence-corrected chi connectivity index (χ4v) is 1.91. The number of rotatable bonds is 2. The quantitative estimate of drug-likeness (QED) is 0.709. The number of hydrogen-bond acceptors (Lipinski definition) is 5. The van der Waals surface area contributed by atoms with E-state index in [0.29, 0.717) is 28.8 Å². The maximum atomic E-state index is 5.94. The topological polar surface area (TPSA) is 93.6 Å². The number of H-pyrrole nitrogens is 1. The highest BCUT2D eigenvalue weighted by molar-refractivity contribution is 9.10. The van der Waals surface area contributed by atoms with Crippen LogP contribution in [0.4, 0.5) is 5.69 Å². The summed E-state index contributed by atoms with van der Waals surface area (Å²) < 4.78 is 5.98.